The van der Waals surface area contributed by atoms with E-state index in [2.05, 4.69) is 37.4 Å². The van der Waals surface area contributed by atoms with Gasteiger partial charge in [-0.25, -0.2) is 0 Å². The van der Waals surface area contributed by atoms with Gasteiger partial charge in [0.1, 0.15) is 5.75 Å². The average molecular weight is 261 g/mol. The van der Waals surface area contributed by atoms with Gasteiger partial charge in [0.05, 0.1) is 7.11 Å². The molecule has 1 heterocycles. The molecule has 0 aromatic heterocycles. The standard InChI is InChI=1S/C17H27NO/c1-13(2)15-8-9-17(19-3)16(11-15)7-6-14-5-4-10-18-12-14/h8-9,11,13-14,18H,4-7,10,12H2,1-3H3. The predicted molar refractivity (Wildman–Crippen MR) is 81.0 cm³/mol. The molecule has 0 amide bonds. The maximum Gasteiger partial charge on any atom is 0.122 e. The molecule has 1 aliphatic heterocycles. The van der Waals surface area contributed by atoms with Crippen LogP contribution in [0.1, 0.15) is 50.2 Å². The highest BCUT2D eigenvalue weighted by molar-refractivity contribution is 5.38. The smallest absolute Gasteiger partial charge is 0.122 e. The summed E-state index contributed by atoms with van der Waals surface area (Å²) in [6, 6.07) is 6.65. The van der Waals surface area contributed by atoms with Crippen molar-refractivity contribution in [3.8, 4) is 5.75 Å². The van der Waals surface area contributed by atoms with Crippen LogP contribution >= 0.6 is 0 Å². The Bertz CT molecular complexity index is 394. The molecule has 0 spiro atoms. The molecule has 2 nitrogen and oxygen atoms in total. The van der Waals surface area contributed by atoms with Crippen LogP contribution in [0.5, 0.6) is 5.75 Å². The first-order chi connectivity index (χ1) is 9.20. The summed E-state index contributed by atoms with van der Waals surface area (Å²) in [5.41, 5.74) is 2.79. The van der Waals surface area contributed by atoms with Crippen LogP contribution in [0, 0.1) is 5.92 Å². The molecule has 19 heavy (non-hydrogen) atoms. The lowest BCUT2D eigenvalue weighted by Gasteiger charge is -2.23. The van der Waals surface area contributed by atoms with Crippen molar-refractivity contribution in [2.75, 3.05) is 20.2 Å². The van der Waals surface area contributed by atoms with Crippen LogP contribution < -0.4 is 10.1 Å². The van der Waals surface area contributed by atoms with Gasteiger partial charge >= 0.3 is 0 Å². The van der Waals surface area contributed by atoms with Crippen LogP contribution in [0.3, 0.4) is 0 Å². The van der Waals surface area contributed by atoms with Crippen molar-refractivity contribution in [1.29, 1.82) is 0 Å². The lowest BCUT2D eigenvalue weighted by Crippen LogP contribution is -2.29. The van der Waals surface area contributed by atoms with Crippen LogP contribution in [0.15, 0.2) is 18.2 Å². The second-order valence-electron chi connectivity index (χ2n) is 5.98. The molecule has 0 aliphatic carbocycles. The van der Waals surface area contributed by atoms with E-state index < -0.39 is 0 Å². The van der Waals surface area contributed by atoms with Crippen molar-refractivity contribution in [2.24, 2.45) is 5.92 Å². The second-order valence-corrected chi connectivity index (χ2v) is 5.98. The summed E-state index contributed by atoms with van der Waals surface area (Å²) in [5.74, 6) is 2.47. The van der Waals surface area contributed by atoms with Crippen molar-refractivity contribution < 1.29 is 4.74 Å². The molecule has 0 bridgehead atoms. The van der Waals surface area contributed by atoms with Crippen molar-refractivity contribution in [1.82, 2.24) is 5.32 Å². The largest absolute Gasteiger partial charge is 0.496 e. The number of rotatable bonds is 5. The molecule has 1 fully saturated rings. The minimum atomic E-state index is 0.584. The average Bonchev–Trinajstić information content (AvgIpc) is 2.45. The van der Waals surface area contributed by atoms with E-state index in [0.717, 1.165) is 18.1 Å². The first-order valence-corrected chi connectivity index (χ1v) is 7.58. The minimum Gasteiger partial charge on any atom is -0.496 e. The molecule has 106 valence electrons. The lowest BCUT2D eigenvalue weighted by atomic mass is 9.91. The zero-order valence-electron chi connectivity index (χ0n) is 12.5. The van der Waals surface area contributed by atoms with Gasteiger partial charge in [-0.15, -0.1) is 0 Å². The summed E-state index contributed by atoms with van der Waals surface area (Å²) in [6.45, 7) is 6.88. The van der Waals surface area contributed by atoms with E-state index in [9.17, 15) is 0 Å². The van der Waals surface area contributed by atoms with Crippen molar-refractivity contribution >= 4 is 0 Å². The Balaban J connectivity index is 2.02. The van der Waals surface area contributed by atoms with E-state index in [1.807, 2.05) is 0 Å². The number of aryl methyl sites for hydroxylation is 1. The fourth-order valence-corrected chi connectivity index (χ4v) is 2.88. The zero-order chi connectivity index (χ0) is 13.7. The van der Waals surface area contributed by atoms with Gasteiger partial charge in [0, 0.05) is 0 Å². The maximum absolute atomic E-state index is 5.50. The van der Waals surface area contributed by atoms with E-state index >= 15 is 0 Å². The molecule has 2 heteroatoms. The number of methoxy groups -OCH3 is 1. The number of hydrogen-bond acceptors (Lipinski definition) is 2. The van der Waals surface area contributed by atoms with E-state index in [0.29, 0.717) is 5.92 Å². The zero-order valence-corrected chi connectivity index (χ0v) is 12.5. The fourth-order valence-electron chi connectivity index (χ4n) is 2.88. The summed E-state index contributed by atoms with van der Waals surface area (Å²) in [4.78, 5) is 0. The molecule has 1 aliphatic rings. The molecule has 1 N–H and O–H groups in total. The van der Waals surface area contributed by atoms with E-state index in [1.54, 1.807) is 7.11 Å². The van der Waals surface area contributed by atoms with Crippen LogP contribution in [-0.2, 0) is 6.42 Å². The first kappa shape index (κ1) is 14.4. The molecular formula is C17H27NO. The van der Waals surface area contributed by atoms with Crippen LogP contribution in [0.2, 0.25) is 0 Å². The number of benzene rings is 1. The molecule has 0 saturated carbocycles. The van der Waals surface area contributed by atoms with E-state index in [4.69, 9.17) is 4.74 Å². The first-order valence-electron chi connectivity index (χ1n) is 7.58. The second kappa shape index (κ2) is 6.95. The summed E-state index contributed by atoms with van der Waals surface area (Å²) in [5, 5.41) is 3.50. The van der Waals surface area contributed by atoms with Gasteiger partial charge in [-0.1, -0.05) is 26.0 Å². The molecule has 2 rings (SSSR count). The van der Waals surface area contributed by atoms with Gasteiger partial charge in [-0.3, -0.25) is 0 Å². The third-order valence-corrected chi connectivity index (χ3v) is 4.19. The Kier molecular flexibility index (Phi) is 5.26. The van der Waals surface area contributed by atoms with Crippen molar-refractivity contribution in [2.45, 2.75) is 45.4 Å². The maximum atomic E-state index is 5.50. The SMILES string of the molecule is COc1ccc(C(C)C)cc1CCC1CCCNC1. The lowest BCUT2D eigenvalue weighted by molar-refractivity contribution is 0.354. The Hall–Kier alpha value is -1.02. The van der Waals surface area contributed by atoms with Crippen LogP contribution in [0.4, 0.5) is 0 Å². The van der Waals surface area contributed by atoms with Crippen LogP contribution in [0.25, 0.3) is 0 Å². The van der Waals surface area contributed by atoms with Gasteiger partial charge in [0.2, 0.25) is 0 Å². The quantitative estimate of drug-likeness (QED) is 0.871. The molecule has 1 unspecified atom stereocenters. The Morgan fingerprint density at radius 3 is 2.84 bits per heavy atom. The normalized spacial score (nSPS) is 19.7. The third kappa shape index (κ3) is 3.97. The molecule has 1 saturated heterocycles. The fraction of sp³-hybridized carbons (Fsp3) is 0.647. The Morgan fingerprint density at radius 2 is 2.21 bits per heavy atom. The third-order valence-electron chi connectivity index (χ3n) is 4.19. The monoisotopic (exact) mass is 261 g/mol. The number of ether oxygens (including phenoxy) is 1. The Morgan fingerprint density at radius 1 is 1.37 bits per heavy atom. The van der Waals surface area contributed by atoms with Crippen molar-refractivity contribution in [3.05, 3.63) is 29.3 Å². The van der Waals surface area contributed by atoms with Gasteiger partial charge in [-0.05, 0) is 67.8 Å². The molecular weight excluding hydrogens is 234 g/mol. The van der Waals surface area contributed by atoms with Gasteiger partial charge in [-0.2, -0.15) is 0 Å². The highest BCUT2D eigenvalue weighted by Gasteiger charge is 2.14. The van der Waals surface area contributed by atoms with Crippen molar-refractivity contribution in [3.63, 3.8) is 0 Å². The molecule has 1 aromatic carbocycles. The molecule has 1 aromatic rings. The van der Waals surface area contributed by atoms with Crippen LogP contribution in [-0.4, -0.2) is 20.2 Å². The van der Waals surface area contributed by atoms with E-state index in [-0.39, 0.29) is 0 Å². The number of nitrogens with one attached hydrogen (secondary N) is 1. The predicted octanol–water partition coefficient (Wildman–Crippen LogP) is 3.75. The summed E-state index contributed by atoms with van der Waals surface area (Å²) >= 11 is 0. The summed E-state index contributed by atoms with van der Waals surface area (Å²) in [7, 11) is 1.77. The van der Waals surface area contributed by atoms with E-state index in [1.165, 1.54) is 43.5 Å². The summed E-state index contributed by atoms with van der Waals surface area (Å²) in [6.07, 6.45) is 5.11. The minimum absolute atomic E-state index is 0.584. The molecule has 1 atom stereocenters. The number of piperidine rings is 1. The van der Waals surface area contributed by atoms with Gasteiger partial charge < -0.3 is 10.1 Å². The Labute approximate surface area is 117 Å². The number of hydrogen-bond donors (Lipinski definition) is 1. The highest BCUT2D eigenvalue weighted by atomic mass is 16.5. The topological polar surface area (TPSA) is 21.3 Å². The molecule has 0 radical (unpaired) electrons. The highest BCUT2D eigenvalue weighted by Crippen LogP contribution is 2.27. The van der Waals surface area contributed by atoms with Gasteiger partial charge in [0.25, 0.3) is 0 Å². The summed E-state index contributed by atoms with van der Waals surface area (Å²) < 4.78 is 5.50. The van der Waals surface area contributed by atoms with Gasteiger partial charge in [0.15, 0.2) is 0 Å².